The molecule has 122 valence electrons. The minimum atomic E-state index is 0.111. The van der Waals surface area contributed by atoms with Crippen molar-refractivity contribution >= 4 is 17.7 Å². The molecule has 5 heteroatoms. The summed E-state index contributed by atoms with van der Waals surface area (Å²) in [5.41, 5.74) is 5.14. The second kappa shape index (κ2) is 6.79. The summed E-state index contributed by atoms with van der Waals surface area (Å²) in [6, 6.07) is 8.58. The van der Waals surface area contributed by atoms with Crippen LogP contribution in [-0.2, 0) is 0 Å². The fourth-order valence-corrected chi connectivity index (χ4v) is 4.52. The molecule has 0 bridgehead atoms. The Hall–Kier alpha value is -1.75. The zero-order chi connectivity index (χ0) is 16.4. The van der Waals surface area contributed by atoms with E-state index in [0.717, 1.165) is 42.2 Å². The molecular formula is C18H23N3OS. The van der Waals surface area contributed by atoms with Gasteiger partial charge in [-0.25, -0.2) is 0 Å². The Morgan fingerprint density at radius 3 is 2.74 bits per heavy atom. The maximum atomic E-state index is 12.8. The van der Waals surface area contributed by atoms with E-state index in [1.165, 1.54) is 11.1 Å². The van der Waals surface area contributed by atoms with Gasteiger partial charge >= 0.3 is 0 Å². The van der Waals surface area contributed by atoms with Gasteiger partial charge in [-0.05, 0) is 38.3 Å². The van der Waals surface area contributed by atoms with E-state index in [1.54, 1.807) is 0 Å². The molecule has 1 aromatic heterocycles. The quantitative estimate of drug-likeness (QED) is 0.915. The first-order valence-corrected chi connectivity index (χ1v) is 9.10. The van der Waals surface area contributed by atoms with E-state index < -0.39 is 0 Å². The summed E-state index contributed by atoms with van der Waals surface area (Å²) in [6.45, 7) is 7.57. The second-order valence-corrected chi connectivity index (χ2v) is 7.42. The Morgan fingerprint density at radius 1 is 1.26 bits per heavy atom. The van der Waals surface area contributed by atoms with Crippen LogP contribution in [0, 0.1) is 20.8 Å². The molecule has 4 nitrogen and oxygen atoms in total. The molecule has 0 saturated carbocycles. The molecule has 1 unspecified atom stereocenters. The van der Waals surface area contributed by atoms with Crippen LogP contribution in [0.15, 0.2) is 24.3 Å². The topological polar surface area (TPSA) is 49.0 Å². The van der Waals surface area contributed by atoms with E-state index in [0.29, 0.717) is 5.25 Å². The van der Waals surface area contributed by atoms with E-state index >= 15 is 0 Å². The molecule has 1 amide bonds. The fraction of sp³-hybridized carbons (Fsp3) is 0.444. The molecule has 0 aliphatic carbocycles. The number of rotatable bonds is 2. The maximum Gasteiger partial charge on any atom is 0.257 e. The first kappa shape index (κ1) is 16.1. The molecule has 1 fully saturated rings. The van der Waals surface area contributed by atoms with Gasteiger partial charge in [-0.15, -0.1) is 0 Å². The van der Waals surface area contributed by atoms with Gasteiger partial charge in [-0.3, -0.25) is 9.89 Å². The molecule has 2 heterocycles. The number of hydrogen-bond donors (Lipinski definition) is 1. The smallest absolute Gasteiger partial charge is 0.257 e. The van der Waals surface area contributed by atoms with Crippen LogP contribution in [0.1, 0.15) is 44.5 Å². The summed E-state index contributed by atoms with van der Waals surface area (Å²) in [4.78, 5) is 14.8. The number of aromatic amines is 1. The van der Waals surface area contributed by atoms with Gasteiger partial charge < -0.3 is 4.90 Å². The van der Waals surface area contributed by atoms with E-state index in [9.17, 15) is 4.79 Å². The largest absolute Gasteiger partial charge is 0.338 e. The van der Waals surface area contributed by atoms with Crippen LogP contribution in [0.3, 0.4) is 0 Å². The summed E-state index contributed by atoms with van der Waals surface area (Å²) in [5, 5.41) is 7.54. The Morgan fingerprint density at radius 2 is 2.04 bits per heavy atom. The molecule has 1 saturated heterocycles. The highest BCUT2D eigenvalue weighted by Gasteiger charge is 2.26. The molecule has 1 aromatic carbocycles. The third-order valence-electron chi connectivity index (χ3n) is 4.51. The third-order valence-corrected chi connectivity index (χ3v) is 5.82. The summed E-state index contributed by atoms with van der Waals surface area (Å²) < 4.78 is 0. The van der Waals surface area contributed by atoms with Crippen LogP contribution in [0.25, 0.3) is 0 Å². The fourth-order valence-electron chi connectivity index (χ4n) is 3.19. The number of thioether (sulfide) groups is 1. The van der Waals surface area contributed by atoms with Crippen LogP contribution < -0.4 is 0 Å². The number of H-pyrrole nitrogens is 1. The van der Waals surface area contributed by atoms with Gasteiger partial charge in [0, 0.05) is 29.8 Å². The van der Waals surface area contributed by atoms with Crippen molar-refractivity contribution < 1.29 is 4.79 Å². The van der Waals surface area contributed by atoms with Gasteiger partial charge in [0.15, 0.2) is 0 Å². The van der Waals surface area contributed by atoms with Crippen molar-refractivity contribution in [1.29, 1.82) is 0 Å². The predicted octanol–water partition coefficient (Wildman–Crippen LogP) is 3.66. The minimum Gasteiger partial charge on any atom is -0.338 e. The third kappa shape index (κ3) is 3.29. The van der Waals surface area contributed by atoms with E-state index in [4.69, 9.17) is 0 Å². The summed E-state index contributed by atoms with van der Waals surface area (Å²) in [5.74, 6) is 1.08. The molecule has 3 rings (SSSR count). The van der Waals surface area contributed by atoms with Crippen molar-refractivity contribution in [2.75, 3.05) is 18.8 Å². The molecule has 23 heavy (non-hydrogen) atoms. The molecule has 1 N–H and O–H groups in total. The van der Waals surface area contributed by atoms with Crippen molar-refractivity contribution in [3.05, 3.63) is 52.3 Å². The lowest BCUT2D eigenvalue weighted by molar-refractivity contribution is 0.0765. The van der Waals surface area contributed by atoms with Crippen molar-refractivity contribution in [1.82, 2.24) is 15.1 Å². The van der Waals surface area contributed by atoms with Crippen molar-refractivity contribution in [3.63, 3.8) is 0 Å². The Bertz CT molecular complexity index is 691. The zero-order valence-corrected chi connectivity index (χ0v) is 14.7. The average Bonchev–Trinajstić information content (AvgIpc) is 2.75. The van der Waals surface area contributed by atoms with Gasteiger partial charge in [0.25, 0.3) is 5.91 Å². The lowest BCUT2D eigenvalue weighted by Crippen LogP contribution is -2.33. The highest BCUT2D eigenvalue weighted by atomic mass is 32.2. The number of benzene rings is 1. The lowest BCUT2D eigenvalue weighted by atomic mass is 10.0. The van der Waals surface area contributed by atoms with Crippen molar-refractivity contribution in [2.24, 2.45) is 0 Å². The Labute approximate surface area is 141 Å². The maximum absolute atomic E-state index is 12.8. The van der Waals surface area contributed by atoms with Crippen LogP contribution in [0.4, 0.5) is 0 Å². The summed E-state index contributed by atoms with van der Waals surface area (Å²) in [7, 11) is 0. The van der Waals surface area contributed by atoms with Crippen molar-refractivity contribution in [2.45, 2.75) is 32.4 Å². The average molecular weight is 329 g/mol. The highest BCUT2D eigenvalue weighted by molar-refractivity contribution is 7.99. The SMILES string of the molecule is Cc1ccccc1C1CCN(C(=O)c2c(C)n[nH]c2C)CCS1. The number of hydrogen-bond acceptors (Lipinski definition) is 3. The number of aromatic nitrogens is 2. The highest BCUT2D eigenvalue weighted by Crippen LogP contribution is 2.36. The molecule has 0 radical (unpaired) electrons. The standard InChI is InChI=1S/C18H23N3OS/c1-12-6-4-5-7-15(12)16-8-9-21(10-11-23-16)18(22)17-13(2)19-20-14(17)3/h4-7,16H,8-11H2,1-3H3,(H,19,20). The van der Waals surface area contributed by atoms with Crippen LogP contribution in [0.5, 0.6) is 0 Å². The molecule has 1 aliphatic rings. The van der Waals surface area contributed by atoms with Gasteiger partial charge in [0.1, 0.15) is 0 Å². The van der Waals surface area contributed by atoms with Gasteiger partial charge in [-0.2, -0.15) is 16.9 Å². The van der Waals surface area contributed by atoms with Gasteiger partial charge in [0.2, 0.25) is 0 Å². The van der Waals surface area contributed by atoms with Gasteiger partial charge in [-0.1, -0.05) is 24.3 Å². The van der Waals surface area contributed by atoms with Crippen LogP contribution >= 0.6 is 11.8 Å². The van der Waals surface area contributed by atoms with Crippen LogP contribution in [0.2, 0.25) is 0 Å². The van der Waals surface area contributed by atoms with Crippen LogP contribution in [-0.4, -0.2) is 39.8 Å². The molecule has 1 atom stereocenters. The van der Waals surface area contributed by atoms with E-state index in [-0.39, 0.29) is 5.91 Å². The minimum absolute atomic E-state index is 0.111. The molecule has 0 spiro atoms. The lowest BCUT2D eigenvalue weighted by Gasteiger charge is -2.21. The first-order chi connectivity index (χ1) is 11.1. The van der Waals surface area contributed by atoms with Crippen molar-refractivity contribution in [3.8, 4) is 0 Å². The molecule has 2 aromatic rings. The predicted molar refractivity (Wildman–Crippen MR) is 95.0 cm³/mol. The number of amides is 1. The van der Waals surface area contributed by atoms with E-state index in [2.05, 4.69) is 41.4 Å². The normalized spacial score (nSPS) is 18.7. The first-order valence-electron chi connectivity index (χ1n) is 8.06. The summed E-state index contributed by atoms with van der Waals surface area (Å²) in [6.07, 6.45) is 0.997. The zero-order valence-electron chi connectivity index (χ0n) is 13.9. The van der Waals surface area contributed by atoms with E-state index in [1.807, 2.05) is 30.5 Å². The Kier molecular flexibility index (Phi) is 4.76. The summed E-state index contributed by atoms with van der Waals surface area (Å²) >= 11 is 1.96. The number of aryl methyl sites for hydroxylation is 3. The molecular weight excluding hydrogens is 306 g/mol. The number of carbonyl (C=O) groups excluding carboxylic acids is 1. The molecule has 1 aliphatic heterocycles. The number of carbonyl (C=O) groups is 1. The van der Waals surface area contributed by atoms with Gasteiger partial charge in [0.05, 0.1) is 11.3 Å². The number of nitrogens with zero attached hydrogens (tertiary/aromatic N) is 2. The monoisotopic (exact) mass is 329 g/mol. The number of nitrogens with one attached hydrogen (secondary N) is 1. The Balaban J connectivity index is 1.74. The second-order valence-electron chi connectivity index (χ2n) is 6.11.